The molecule has 0 amide bonds. The van der Waals surface area contributed by atoms with E-state index >= 15 is 0 Å². The van der Waals surface area contributed by atoms with Crippen LogP contribution in [0.15, 0.2) is 76.3 Å². The molecule has 1 aliphatic rings. The molecule has 0 saturated carbocycles. The molecule has 4 aromatic carbocycles. The van der Waals surface area contributed by atoms with Crippen molar-refractivity contribution in [1.29, 1.82) is 0 Å². The summed E-state index contributed by atoms with van der Waals surface area (Å²) >= 11 is 0. The second-order valence-corrected chi connectivity index (χ2v) is 8.27. The summed E-state index contributed by atoms with van der Waals surface area (Å²) in [4.78, 5) is 37.2. The Morgan fingerprint density at radius 1 is 0.758 bits per heavy atom. The average molecular weight is 438 g/mol. The number of hydrogen-bond donors (Lipinski definition) is 3. The summed E-state index contributed by atoms with van der Waals surface area (Å²) in [7, 11) is 0. The van der Waals surface area contributed by atoms with Gasteiger partial charge in [0.2, 0.25) is 0 Å². The maximum absolute atomic E-state index is 11.3. The minimum atomic E-state index is -1.11. The van der Waals surface area contributed by atoms with E-state index in [4.69, 9.17) is 5.11 Å². The zero-order valence-electron chi connectivity index (χ0n) is 17.9. The first kappa shape index (κ1) is 20.7. The van der Waals surface area contributed by atoms with Crippen LogP contribution in [-0.2, 0) is 12.8 Å². The molecule has 6 heteroatoms. The molecule has 1 aliphatic carbocycles. The second-order valence-electron chi connectivity index (χ2n) is 8.27. The monoisotopic (exact) mass is 438 g/mol. The van der Waals surface area contributed by atoms with Gasteiger partial charge in [-0.15, -0.1) is 0 Å². The van der Waals surface area contributed by atoms with Gasteiger partial charge in [0.05, 0.1) is 16.5 Å². The predicted octanol–water partition coefficient (Wildman–Crippen LogP) is 4.79. The number of rotatable bonds is 1. The topological polar surface area (TPSA) is 103 Å². The summed E-state index contributed by atoms with van der Waals surface area (Å²) < 4.78 is 0. The van der Waals surface area contributed by atoms with Gasteiger partial charge in [0.25, 0.3) is 5.56 Å². The van der Waals surface area contributed by atoms with Crippen molar-refractivity contribution in [2.45, 2.75) is 25.7 Å². The largest absolute Gasteiger partial charge is 0.478 e. The quantitative estimate of drug-likeness (QED) is 0.328. The molecule has 6 nitrogen and oxygen atoms in total. The number of fused-ring (bicyclic) bond motifs is 6. The van der Waals surface area contributed by atoms with Gasteiger partial charge in [0.15, 0.2) is 0 Å². The lowest BCUT2D eigenvalue weighted by Gasteiger charge is -2.18. The van der Waals surface area contributed by atoms with Crippen LogP contribution in [0, 0.1) is 0 Å². The number of carboxylic acid groups (broad SMARTS) is 1. The summed E-state index contributed by atoms with van der Waals surface area (Å²) in [6.45, 7) is 0. The third-order valence-electron chi connectivity index (χ3n) is 6.24. The van der Waals surface area contributed by atoms with Crippen LogP contribution in [-0.4, -0.2) is 21.0 Å². The molecule has 0 spiro atoms. The average Bonchev–Trinajstić information content (AvgIpc) is 2.83. The third kappa shape index (κ3) is 3.91. The van der Waals surface area contributed by atoms with Crippen LogP contribution in [0.25, 0.3) is 32.4 Å². The third-order valence-corrected chi connectivity index (χ3v) is 6.24. The molecule has 0 bridgehead atoms. The zero-order chi connectivity index (χ0) is 22.9. The molecular formula is C27H22N2O4. The van der Waals surface area contributed by atoms with E-state index in [2.05, 4.69) is 53.5 Å². The molecule has 33 heavy (non-hydrogen) atoms. The molecule has 3 N–H and O–H groups in total. The van der Waals surface area contributed by atoms with Crippen molar-refractivity contribution in [3.05, 3.63) is 104 Å². The Labute approximate surface area is 188 Å². The highest BCUT2D eigenvalue weighted by molar-refractivity contribution is 6.08. The van der Waals surface area contributed by atoms with Gasteiger partial charge >= 0.3 is 11.7 Å². The number of aromatic amines is 2. The zero-order valence-corrected chi connectivity index (χ0v) is 17.9. The molecule has 0 unspecified atom stereocenters. The molecule has 164 valence electrons. The van der Waals surface area contributed by atoms with Crippen molar-refractivity contribution in [1.82, 2.24) is 9.97 Å². The molecule has 1 heterocycles. The lowest BCUT2D eigenvalue weighted by molar-refractivity contribution is 0.0697. The van der Waals surface area contributed by atoms with Gasteiger partial charge in [-0.3, -0.25) is 9.78 Å². The molecule has 6 rings (SSSR count). The lowest BCUT2D eigenvalue weighted by Crippen LogP contribution is -2.21. The number of hydrogen-bond acceptors (Lipinski definition) is 3. The van der Waals surface area contributed by atoms with Gasteiger partial charge in [-0.2, -0.15) is 0 Å². The van der Waals surface area contributed by atoms with Crippen molar-refractivity contribution >= 4 is 38.4 Å². The predicted molar refractivity (Wildman–Crippen MR) is 130 cm³/mol. The van der Waals surface area contributed by atoms with E-state index in [-0.39, 0.29) is 16.5 Å². The highest BCUT2D eigenvalue weighted by atomic mass is 16.4. The Kier molecular flexibility index (Phi) is 5.26. The summed E-state index contributed by atoms with van der Waals surface area (Å²) in [5.41, 5.74) is 2.21. The first-order valence-corrected chi connectivity index (χ1v) is 10.9. The van der Waals surface area contributed by atoms with Gasteiger partial charge in [-0.1, -0.05) is 48.5 Å². The Morgan fingerprint density at radius 3 is 2.36 bits per heavy atom. The van der Waals surface area contributed by atoms with Gasteiger partial charge in [-0.05, 0) is 76.6 Å². The maximum atomic E-state index is 11.3. The summed E-state index contributed by atoms with van der Waals surface area (Å²) in [5, 5.41) is 14.6. The van der Waals surface area contributed by atoms with Crippen LogP contribution in [0.3, 0.4) is 0 Å². The van der Waals surface area contributed by atoms with Crippen molar-refractivity contribution in [3.8, 4) is 0 Å². The summed E-state index contributed by atoms with van der Waals surface area (Å²) in [6, 6.07) is 21.9. The van der Waals surface area contributed by atoms with Crippen LogP contribution < -0.4 is 11.2 Å². The van der Waals surface area contributed by atoms with Crippen molar-refractivity contribution in [3.63, 3.8) is 0 Å². The number of nitrogens with one attached hydrogen (secondary N) is 2. The smallest absolute Gasteiger partial charge is 0.335 e. The molecule has 1 aromatic heterocycles. The van der Waals surface area contributed by atoms with Crippen molar-refractivity contribution in [2.75, 3.05) is 0 Å². The highest BCUT2D eigenvalue weighted by Crippen LogP contribution is 2.33. The fourth-order valence-electron chi connectivity index (χ4n) is 4.65. The molecule has 0 atom stereocenters. The Bertz CT molecular complexity index is 1650. The van der Waals surface area contributed by atoms with E-state index in [0.717, 1.165) is 0 Å². The van der Waals surface area contributed by atoms with E-state index in [9.17, 15) is 14.4 Å². The Morgan fingerprint density at radius 2 is 1.52 bits per heavy atom. The number of aromatic nitrogens is 2. The lowest BCUT2D eigenvalue weighted by atomic mass is 9.86. The van der Waals surface area contributed by atoms with E-state index in [1.165, 1.54) is 65.4 Å². The van der Waals surface area contributed by atoms with Crippen LogP contribution >= 0.6 is 0 Å². The van der Waals surface area contributed by atoms with E-state index in [0.29, 0.717) is 0 Å². The standard InChI is InChI=1S/C18H16.C9H6N2O4/c1-3-7-15-13(5-1)9-11-18-16-8-4-2-6-14(16)10-12-17(15)18;12-7-5-2-1-4(8(13)14)3-6(5)10-9(15)11-7/h1,3,5,7,9-12H,2,4,6,8H2;1-3H,(H,13,14)(H2,10,11,12,15). The first-order chi connectivity index (χ1) is 16.0. The molecular weight excluding hydrogens is 416 g/mol. The fourth-order valence-corrected chi connectivity index (χ4v) is 4.65. The van der Waals surface area contributed by atoms with Gasteiger partial charge in [0, 0.05) is 0 Å². The second kappa shape index (κ2) is 8.39. The summed E-state index contributed by atoms with van der Waals surface area (Å²) in [5.74, 6) is -1.11. The van der Waals surface area contributed by atoms with Crippen molar-refractivity contribution < 1.29 is 9.90 Å². The van der Waals surface area contributed by atoms with Crippen LogP contribution in [0.5, 0.6) is 0 Å². The van der Waals surface area contributed by atoms with Gasteiger partial charge < -0.3 is 10.1 Å². The number of aromatic carboxylic acids is 1. The Balaban J connectivity index is 0.000000141. The van der Waals surface area contributed by atoms with Gasteiger partial charge in [-0.25, -0.2) is 9.59 Å². The molecule has 0 saturated heterocycles. The van der Waals surface area contributed by atoms with Crippen molar-refractivity contribution in [2.24, 2.45) is 0 Å². The Hall–Kier alpha value is -4.19. The minimum absolute atomic E-state index is 0.0174. The first-order valence-electron chi connectivity index (χ1n) is 10.9. The number of carboxylic acids is 1. The van der Waals surface area contributed by atoms with E-state index < -0.39 is 17.2 Å². The molecule has 0 radical (unpaired) electrons. The number of carbonyl (C=O) groups is 1. The number of benzene rings is 4. The number of H-pyrrole nitrogens is 2. The molecule has 0 fully saturated rings. The normalized spacial score (nSPS) is 12.8. The van der Waals surface area contributed by atoms with Crippen LogP contribution in [0.4, 0.5) is 0 Å². The van der Waals surface area contributed by atoms with E-state index in [1.54, 1.807) is 11.1 Å². The van der Waals surface area contributed by atoms with Crippen LogP contribution in [0.1, 0.15) is 34.3 Å². The summed E-state index contributed by atoms with van der Waals surface area (Å²) in [6.07, 6.45) is 5.22. The van der Waals surface area contributed by atoms with Gasteiger partial charge in [0.1, 0.15) is 0 Å². The highest BCUT2D eigenvalue weighted by Gasteiger charge is 2.13. The van der Waals surface area contributed by atoms with Crippen LogP contribution in [0.2, 0.25) is 0 Å². The SMILES string of the molecule is O=C(O)c1ccc2c(=O)[nH]c(=O)[nH]c2c1.c1ccc2c(c1)ccc1c3c(ccc12)CCCC3. The molecule has 5 aromatic rings. The maximum Gasteiger partial charge on any atom is 0.335 e. The minimum Gasteiger partial charge on any atom is -0.478 e. The number of aryl methyl sites for hydroxylation is 2. The van der Waals surface area contributed by atoms with E-state index in [1.807, 2.05) is 4.98 Å². The molecule has 0 aliphatic heterocycles. The fraction of sp³-hybridized carbons (Fsp3) is 0.148.